The second-order valence-corrected chi connectivity index (χ2v) is 6.03. The highest BCUT2D eigenvalue weighted by Gasteiger charge is 2.26. The fourth-order valence-corrected chi connectivity index (χ4v) is 2.66. The summed E-state index contributed by atoms with van der Waals surface area (Å²) in [5.74, 6) is -1.95. The van der Waals surface area contributed by atoms with Crippen LogP contribution in [-0.2, 0) is 11.2 Å². The first-order valence-electron chi connectivity index (χ1n) is 6.70. The summed E-state index contributed by atoms with van der Waals surface area (Å²) in [6.45, 7) is 1.89. The Balaban J connectivity index is 2.22. The van der Waals surface area contributed by atoms with Gasteiger partial charge in [-0.25, -0.2) is 4.39 Å². The van der Waals surface area contributed by atoms with Crippen molar-refractivity contribution in [1.82, 2.24) is 0 Å². The number of benzene rings is 2. The summed E-state index contributed by atoms with van der Waals surface area (Å²) in [5.41, 5.74) is 1.66. The fourth-order valence-electron chi connectivity index (χ4n) is 2.39. The minimum Gasteiger partial charge on any atom is -0.481 e. The van der Waals surface area contributed by atoms with Crippen molar-refractivity contribution in [2.24, 2.45) is 5.92 Å². The summed E-state index contributed by atoms with van der Waals surface area (Å²) in [6, 6.07) is 13.7. The summed E-state index contributed by atoms with van der Waals surface area (Å²) in [5, 5.41) is 9.49. The van der Waals surface area contributed by atoms with E-state index in [1.54, 1.807) is 12.1 Å². The molecular formula is C17H16BrFO2. The summed E-state index contributed by atoms with van der Waals surface area (Å²) in [7, 11) is 0. The second kappa shape index (κ2) is 6.85. The lowest BCUT2D eigenvalue weighted by Gasteiger charge is -2.21. The molecule has 0 spiro atoms. The molecule has 2 aromatic rings. The molecular weight excluding hydrogens is 335 g/mol. The van der Waals surface area contributed by atoms with Crippen LogP contribution in [0.4, 0.5) is 4.39 Å². The Labute approximate surface area is 131 Å². The molecule has 2 rings (SSSR count). The number of halogens is 2. The predicted octanol–water partition coefficient (Wildman–Crippen LogP) is 4.64. The van der Waals surface area contributed by atoms with Gasteiger partial charge in [-0.05, 0) is 47.7 Å². The van der Waals surface area contributed by atoms with Crippen molar-refractivity contribution in [1.29, 1.82) is 0 Å². The van der Waals surface area contributed by atoms with Gasteiger partial charge in [0.15, 0.2) is 0 Å². The normalized spacial score (nSPS) is 13.7. The first kappa shape index (κ1) is 15.7. The lowest BCUT2D eigenvalue weighted by atomic mass is 9.83. The van der Waals surface area contributed by atoms with Crippen molar-refractivity contribution in [3.63, 3.8) is 0 Å². The third-order valence-corrected chi connectivity index (χ3v) is 4.19. The van der Waals surface area contributed by atoms with Crippen LogP contribution in [0.15, 0.2) is 53.0 Å². The van der Waals surface area contributed by atoms with Crippen molar-refractivity contribution in [3.8, 4) is 0 Å². The van der Waals surface area contributed by atoms with Gasteiger partial charge in [0.1, 0.15) is 5.82 Å². The number of aliphatic carboxylic acids is 1. The molecule has 0 saturated heterocycles. The van der Waals surface area contributed by atoms with E-state index in [0.717, 1.165) is 10.0 Å². The monoisotopic (exact) mass is 350 g/mol. The van der Waals surface area contributed by atoms with Gasteiger partial charge in [-0.2, -0.15) is 0 Å². The zero-order chi connectivity index (χ0) is 15.4. The topological polar surface area (TPSA) is 37.3 Å². The van der Waals surface area contributed by atoms with E-state index in [0.29, 0.717) is 12.0 Å². The molecule has 2 atom stereocenters. The Hall–Kier alpha value is -1.68. The maximum Gasteiger partial charge on any atom is 0.307 e. The van der Waals surface area contributed by atoms with E-state index in [9.17, 15) is 14.3 Å². The maximum absolute atomic E-state index is 13.2. The van der Waals surface area contributed by atoms with Crippen LogP contribution in [0.25, 0.3) is 0 Å². The van der Waals surface area contributed by atoms with Crippen molar-refractivity contribution in [3.05, 3.63) is 69.9 Å². The number of hydrogen-bond acceptors (Lipinski definition) is 1. The highest BCUT2D eigenvalue weighted by Crippen LogP contribution is 2.28. The molecule has 2 unspecified atom stereocenters. The summed E-state index contributed by atoms with van der Waals surface area (Å²) >= 11 is 3.36. The van der Waals surface area contributed by atoms with E-state index in [-0.39, 0.29) is 11.7 Å². The number of carboxylic acid groups (broad SMARTS) is 1. The van der Waals surface area contributed by atoms with Gasteiger partial charge in [0.05, 0.1) is 5.92 Å². The Morgan fingerprint density at radius 3 is 2.48 bits per heavy atom. The van der Waals surface area contributed by atoms with Crippen LogP contribution < -0.4 is 0 Å². The molecule has 110 valence electrons. The molecule has 0 fully saturated rings. The molecule has 2 nitrogen and oxygen atoms in total. The molecule has 1 N–H and O–H groups in total. The Morgan fingerprint density at radius 2 is 1.90 bits per heavy atom. The van der Waals surface area contributed by atoms with Gasteiger partial charge in [0, 0.05) is 4.47 Å². The zero-order valence-corrected chi connectivity index (χ0v) is 13.2. The van der Waals surface area contributed by atoms with Crippen LogP contribution in [0, 0.1) is 11.7 Å². The Bertz CT molecular complexity index is 625. The minimum atomic E-state index is -0.866. The molecule has 0 amide bonds. The molecule has 0 aliphatic carbocycles. The van der Waals surface area contributed by atoms with Crippen LogP contribution in [0.2, 0.25) is 0 Å². The van der Waals surface area contributed by atoms with Crippen molar-refractivity contribution < 1.29 is 14.3 Å². The van der Waals surface area contributed by atoms with Crippen LogP contribution in [-0.4, -0.2) is 11.1 Å². The zero-order valence-electron chi connectivity index (χ0n) is 11.6. The standard InChI is InChI=1S/C17H16BrFO2/c1-11(13-5-7-14(18)8-6-13)16(17(20)21)10-12-3-2-4-15(19)9-12/h2-9,11,16H,10H2,1H3,(H,20,21). The quantitative estimate of drug-likeness (QED) is 0.852. The SMILES string of the molecule is CC(c1ccc(Br)cc1)C(Cc1cccc(F)c1)C(=O)O. The van der Waals surface area contributed by atoms with E-state index in [1.807, 2.05) is 31.2 Å². The summed E-state index contributed by atoms with van der Waals surface area (Å²) in [6.07, 6.45) is 0.310. The van der Waals surface area contributed by atoms with E-state index in [2.05, 4.69) is 15.9 Å². The lowest BCUT2D eigenvalue weighted by molar-refractivity contribution is -0.142. The molecule has 0 heterocycles. The predicted molar refractivity (Wildman–Crippen MR) is 83.8 cm³/mol. The highest BCUT2D eigenvalue weighted by molar-refractivity contribution is 9.10. The smallest absolute Gasteiger partial charge is 0.307 e. The highest BCUT2D eigenvalue weighted by atomic mass is 79.9. The van der Waals surface area contributed by atoms with Crippen LogP contribution in [0.5, 0.6) is 0 Å². The molecule has 4 heteroatoms. The summed E-state index contributed by atoms with van der Waals surface area (Å²) < 4.78 is 14.2. The van der Waals surface area contributed by atoms with E-state index >= 15 is 0 Å². The van der Waals surface area contributed by atoms with E-state index in [1.165, 1.54) is 12.1 Å². The van der Waals surface area contributed by atoms with Gasteiger partial charge in [-0.3, -0.25) is 4.79 Å². The summed E-state index contributed by atoms with van der Waals surface area (Å²) in [4.78, 5) is 11.6. The Morgan fingerprint density at radius 1 is 1.24 bits per heavy atom. The van der Waals surface area contributed by atoms with Gasteiger partial charge in [0.2, 0.25) is 0 Å². The van der Waals surface area contributed by atoms with Crippen molar-refractivity contribution in [2.45, 2.75) is 19.3 Å². The van der Waals surface area contributed by atoms with Crippen LogP contribution in [0.1, 0.15) is 24.0 Å². The van der Waals surface area contributed by atoms with Crippen molar-refractivity contribution in [2.75, 3.05) is 0 Å². The van der Waals surface area contributed by atoms with E-state index in [4.69, 9.17) is 0 Å². The van der Waals surface area contributed by atoms with Gasteiger partial charge < -0.3 is 5.11 Å². The molecule has 0 aliphatic rings. The minimum absolute atomic E-state index is 0.154. The maximum atomic E-state index is 13.2. The number of carboxylic acids is 1. The van der Waals surface area contributed by atoms with Gasteiger partial charge in [-0.1, -0.05) is 47.1 Å². The van der Waals surface area contributed by atoms with E-state index < -0.39 is 11.9 Å². The molecule has 0 radical (unpaired) electrons. The molecule has 2 aromatic carbocycles. The molecule has 21 heavy (non-hydrogen) atoms. The average molecular weight is 351 g/mol. The number of carbonyl (C=O) groups is 1. The largest absolute Gasteiger partial charge is 0.481 e. The fraction of sp³-hybridized carbons (Fsp3) is 0.235. The number of rotatable bonds is 5. The molecule has 0 aliphatic heterocycles. The molecule has 0 bridgehead atoms. The average Bonchev–Trinajstić information content (AvgIpc) is 2.44. The Kier molecular flexibility index (Phi) is 5.12. The first-order chi connectivity index (χ1) is 9.97. The van der Waals surface area contributed by atoms with Crippen LogP contribution in [0.3, 0.4) is 0 Å². The third kappa shape index (κ3) is 4.14. The third-order valence-electron chi connectivity index (χ3n) is 3.66. The number of hydrogen-bond donors (Lipinski definition) is 1. The van der Waals surface area contributed by atoms with Crippen LogP contribution >= 0.6 is 15.9 Å². The lowest BCUT2D eigenvalue weighted by Crippen LogP contribution is -2.22. The van der Waals surface area contributed by atoms with Crippen molar-refractivity contribution >= 4 is 21.9 Å². The van der Waals surface area contributed by atoms with Gasteiger partial charge in [0.25, 0.3) is 0 Å². The molecule has 0 saturated carbocycles. The molecule has 0 aromatic heterocycles. The van der Waals surface area contributed by atoms with Gasteiger partial charge >= 0.3 is 5.97 Å². The van der Waals surface area contributed by atoms with Gasteiger partial charge in [-0.15, -0.1) is 0 Å². The first-order valence-corrected chi connectivity index (χ1v) is 7.49. The second-order valence-electron chi connectivity index (χ2n) is 5.12.